The maximum atomic E-state index is 5.39. The van der Waals surface area contributed by atoms with E-state index in [1.807, 2.05) is 36.5 Å². The van der Waals surface area contributed by atoms with Crippen LogP contribution in [-0.2, 0) is 6.54 Å². The number of ether oxygens (including phenoxy) is 1. The minimum atomic E-state index is 0.783. The zero-order valence-electron chi connectivity index (χ0n) is 16.5. The Balaban J connectivity index is 1.81. The Morgan fingerprint density at radius 3 is 2.57 bits per heavy atom. The van der Waals surface area contributed by atoms with Gasteiger partial charge in [-0.1, -0.05) is 48.5 Å². The van der Waals surface area contributed by atoms with E-state index >= 15 is 0 Å². The Kier molecular flexibility index (Phi) is 4.98. The van der Waals surface area contributed by atoms with E-state index in [9.17, 15) is 0 Å². The van der Waals surface area contributed by atoms with E-state index in [1.54, 1.807) is 7.11 Å². The van der Waals surface area contributed by atoms with E-state index in [4.69, 9.17) is 4.74 Å². The molecule has 0 aliphatic heterocycles. The van der Waals surface area contributed by atoms with E-state index in [0.717, 1.165) is 18.0 Å². The van der Waals surface area contributed by atoms with Crippen molar-refractivity contribution in [3.63, 3.8) is 0 Å². The van der Waals surface area contributed by atoms with E-state index in [1.165, 1.54) is 33.3 Å². The Bertz CT molecular complexity index is 1140. The van der Waals surface area contributed by atoms with Gasteiger partial charge in [0.25, 0.3) is 0 Å². The standard InChI is InChI=1S/C25H24N2O/c1-18-19(2)27(17-21-10-7-11-22(16-21)28-3)25-23(18)14-15-26-24(25)13-12-20-8-5-4-6-9-20/h4-16H,17H2,1-3H3/b13-12+. The monoisotopic (exact) mass is 368 g/mol. The zero-order chi connectivity index (χ0) is 19.5. The van der Waals surface area contributed by atoms with Gasteiger partial charge in [0.2, 0.25) is 0 Å². The van der Waals surface area contributed by atoms with Gasteiger partial charge in [-0.2, -0.15) is 0 Å². The summed E-state index contributed by atoms with van der Waals surface area (Å²) in [4.78, 5) is 4.68. The van der Waals surface area contributed by atoms with Crippen molar-refractivity contribution in [2.45, 2.75) is 20.4 Å². The van der Waals surface area contributed by atoms with Crippen molar-refractivity contribution >= 4 is 23.1 Å². The van der Waals surface area contributed by atoms with Crippen LogP contribution in [0.3, 0.4) is 0 Å². The summed E-state index contributed by atoms with van der Waals surface area (Å²) >= 11 is 0. The molecule has 140 valence electrons. The van der Waals surface area contributed by atoms with Crippen LogP contribution in [0.1, 0.15) is 28.1 Å². The van der Waals surface area contributed by atoms with Crippen LogP contribution < -0.4 is 4.74 Å². The second-order valence-corrected chi connectivity index (χ2v) is 6.98. The third kappa shape index (κ3) is 3.44. The number of pyridine rings is 1. The van der Waals surface area contributed by atoms with E-state index in [2.05, 4.69) is 65.9 Å². The number of rotatable bonds is 5. The number of methoxy groups -OCH3 is 1. The number of aromatic nitrogens is 2. The van der Waals surface area contributed by atoms with E-state index in [-0.39, 0.29) is 0 Å². The van der Waals surface area contributed by atoms with Gasteiger partial charge in [0.1, 0.15) is 5.75 Å². The van der Waals surface area contributed by atoms with Gasteiger partial charge in [-0.3, -0.25) is 4.98 Å². The van der Waals surface area contributed by atoms with Gasteiger partial charge < -0.3 is 9.30 Å². The lowest BCUT2D eigenvalue weighted by molar-refractivity contribution is 0.414. The van der Waals surface area contributed by atoms with Gasteiger partial charge in [0, 0.05) is 23.8 Å². The largest absolute Gasteiger partial charge is 0.497 e. The van der Waals surface area contributed by atoms with Crippen molar-refractivity contribution in [2.75, 3.05) is 7.11 Å². The van der Waals surface area contributed by atoms with Crippen molar-refractivity contribution in [3.8, 4) is 5.75 Å². The van der Waals surface area contributed by atoms with Gasteiger partial charge >= 0.3 is 0 Å². The number of nitrogens with zero attached hydrogens (tertiary/aromatic N) is 2. The molecule has 0 fully saturated rings. The van der Waals surface area contributed by atoms with Crippen LogP contribution in [-0.4, -0.2) is 16.7 Å². The molecule has 0 unspecified atom stereocenters. The quantitative estimate of drug-likeness (QED) is 0.440. The van der Waals surface area contributed by atoms with Gasteiger partial charge in [0.15, 0.2) is 0 Å². The minimum absolute atomic E-state index is 0.783. The summed E-state index contributed by atoms with van der Waals surface area (Å²) in [6.07, 6.45) is 6.13. The fourth-order valence-electron chi connectivity index (χ4n) is 3.63. The molecule has 2 aromatic carbocycles. The molecule has 4 aromatic rings. The molecule has 0 radical (unpaired) electrons. The Morgan fingerprint density at radius 1 is 0.964 bits per heavy atom. The van der Waals surface area contributed by atoms with Crippen molar-refractivity contribution in [1.29, 1.82) is 0 Å². The topological polar surface area (TPSA) is 27.1 Å². The predicted molar refractivity (Wildman–Crippen MR) is 117 cm³/mol. The van der Waals surface area contributed by atoms with Crippen LogP contribution in [0.4, 0.5) is 0 Å². The highest BCUT2D eigenvalue weighted by Crippen LogP contribution is 2.29. The molecule has 4 rings (SSSR count). The zero-order valence-corrected chi connectivity index (χ0v) is 16.5. The van der Waals surface area contributed by atoms with Crippen molar-refractivity contribution < 1.29 is 4.74 Å². The molecule has 2 heterocycles. The summed E-state index contributed by atoms with van der Waals surface area (Å²) in [5.41, 5.74) is 7.10. The number of aryl methyl sites for hydroxylation is 1. The average Bonchev–Trinajstić information content (AvgIpc) is 2.98. The van der Waals surface area contributed by atoms with Crippen molar-refractivity contribution in [2.24, 2.45) is 0 Å². The van der Waals surface area contributed by atoms with Crippen LogP contribution in [0, 0.1) is 13.8 Å². The first-order valence-electron chi connectivity index (χ1n) is 9.48. The normalized spacial score (nSPS) is 11.4. The number of fused-ring (bicyclic) bond motifs is 1. The second kappa shape index (κ2) is 7.73. The Labute approximate surface area is 165 Å². The summed E-state index contributed by atoms with van der Waals surface area (Å²) < 4.78 is 7.75. The van der Waals surface area contributed by atoms with Gasteiger partial charge in [-0.25, -0.2) is 0 Å². The number of benzene rings is 2. The molecule has 0 aliphatic rings. The molecule has 0 spiro atoms. The highest BCUT2D eigenvalue weighted by Gasteiger charge is 2.14. The minimum Gasteiger partial charge on any atom is -0.497 e. The maximum absolute atomic E-state index is 5.39. The maximum Gasteiger partial charge on any atom is 0.119 e. The molecule has 0 bridgehead atoms. The summed E-state index contributed by atoms with van der Waals surface area (Å²) in [5.74, 6) is 0.880. The van der Waals surface area contributed by atoms with Crippen molar-refractivity contribution in [1.82, 2.24) is 9.55 Å². The smallest absolute Gasteiger partial charge is 0.119 e. The fraction of sp³-hybridized carbons (Fsp3) is 0.160. The second-order valence-electron chi connectivity index (χ2n) is 6.98. The SMILES string of the molecule is COc1cccc(Cn2c(C)c(C)c3ccnc(/C=C/c4ccccc4)c32)c1. The van der Waals surface area contributed by atoms with Crippen LogP contribution in [0.5, 0.6) is 5.75 Å². The predicted octanol–water partition coefficient (Wildman–Crippen LogP) is 5.88. The highest BCUT2D eigenvalue weighted by molar-refractivity contribution is 5.92. The molecule has 3 nitrogen and oxygen atoms in total. The molecule has 0 saturated heterocycles. The highest BCUT2D eigenvalue weighted by atomic mass is 16.5. The first-order valence-corrected chi connectivity index (χ1v) is 9.48. The molecule has 28 heavy (non-hydrogen) atoms. The van der Waals surface area contributed by atoms with Crippen LogP contribution >= 0.6 is 0 Å². The average molecular weight is 368 g/mol. The Morgan fingerprint density at radius 2 is 1.79 bits per heavy atom. The first-order chi connectivity index (χ1) is 13.7. The lowest BCUT2D eigenvalue weighted by atomic mass is 10.1. The molecule has 0 N–H and O–H groups in total. The summed E-state index contributed by atoms with van der Waals surface area (Å²) in [5, 5.41) is 1.25. The molecule has 2 aromatic heterocycles. The van der Waals surface area contributed by atoms with Crippen LogP contribution in [0.2, 0.25) is 0 Å². The number of hydrogen-bond acceptors (Lipinski definition) is 2. The molecular weight excluding hydrogens is 344 g/mol. The third-order valence-electron chi connectivity index (χ3n) is 5.28. The number of hydrogen-bond donors (Lipinski definition) is 0. The van der Waals surface area contributed by atoms with E-state index < -0.39 is 0 Å². The fourth-order valence-corrected chi connectivity index (χ4v) is 3.63. The van der Waals surface area contributed by atoms with Crippen LogP contribution in [0.15, 0.2) is 66.9 Å². The summed E-state index contributed by atoms with van der Waals surface area (Å²) in [7, 11) is 1.70. The molecular formula is C25H24N2O. The van der Waals surface area contributed by atoms with Crippen LogP contribution in [0.25, 0.3) is 23.1 Å². The van der Waals surface area contributed by atoms with Gasteiger partial charge in [0.05, 0.1) is 18.3 Å². The first kappa shape index (κ1) is 18.1. The molecule has 0 amide bonds. The molecule has 0 atom stereocenters. The van der Waals surface area contributed by atoms with Gasteiger partial charge in [-0.15, -0.1) is 0 Å². The van der Waals surface area contributed by atoms with E-state index in [0.29, 0.717) is 0 Å². The third-order valence-corrected chi connectivity index (χ3v) is 5.28. The van der Waals surface area contributed by atoms with Gasteiger partial charge in [-0.05, 0) is 54.8 Å². The molecule has 0 saturated carbocycles. The summed E-state index contributed by atoms with van der Waals surface area (Å²) in [6, 6.07) is 20.7. The summed E-state index contributed by atoms with van der Waals surface area (Å²) in [6.45, 7) is 5.15. The van der Waals surface area contributed by atoms with Crippen molar-refractivity contribution in [3.05, 3.63) is 94.9 Å². The lowest BCUT2D eigenvalue weighted by Crippen LogP contribution is -2.03. The Hall–Kier alpha value is -3.33. The lowest BCUT2D eigenvalue weighted by Gasteiger charge is -2.11. The molecule has 3 heteroatoms. The molecule has 0 aliphatic carbocycles.